The molecule has 0 bridgehead atoms. The molecule has 0 spiro atoms. The maximum Gasteiger partial charge on any atom is 0.318 e. The molecule has 0 heterocycles. The molecule has 0 radical (unpaired) electrons. The molecule has 2 rings (SSSR count). The molecule has 2 aromatic rings. The van der Waals surface area contributed by atoms with E-state index < -0.39 is 51.1 Å². The van der Waals surface area contributed by atoms with Gasteiger partial charge in [0, 0.05) is 17.0 Å². The lowest BCUT2D eigenvalue weighted by molar-refractivity contribution is 0.389. The van der Waals surface area contributed by atoms with Gasteiger partial charge in [-0.15, -0.1) is 0 Å². The van der Waals surface area contributed by atoms with Gasteiger partial charge in [-0.2, -0.15) is 0 Å². The summed E-state index contributed by atoms with van der Waals surface area (Å²) in [5, 5.41) is 21.6. The number of benzene rings is 2. The highest BCUT2D eigenvalue weighted by Gasteiger charge is 2.39. The second kappa shape index (κ2) is 15.6. The van der Waals surface area contributed by atoms with Crippen LogP contribution in [0.2, 0.25) is 97.2 Å². The second-order valence-corrected chi connectivity index (χ2v) is 41.7. The van der Waals surface area contributed by atoms with Crippen LogP contribution in [0.1, 0.15) is 42.5 Å². The average molecular weight is 737 g/mol. The molecule has 260 valence electrons. The fraction of sp³-hybridized carbons (Fsp3) is 0.588. The summed E-state index contributed by atoms with van der Waals surface area (Å²) in [5.41, 5.74) is 3.61. The first-order valence-electron chi connectivity index (χ1n) is 16.8. The van der Waals surface area contributed by atoms with Crippen molar-refractivity contribution < 1.29 is 26.7 Å². The van der Waals surface area contributed by atoms with Gasteiger partial charge in [0.1, 0.15) is 11.5 Å². The van der Waals surface area contributed by atoms with E-state index in [2.05, 4.69) is 117 Å². The van der Waals surface area contributed by atoms with Crippen LogP contribution >= 0.6 is 0 Å². The summed E-state index contributed by atoms with van der Waals surface area (Å²) < 4.78 is 26.4. The Kier molecular flexibility index (Phi) is 14.0. The van der Waals surface area contributed by atoms with Gasteiger partial charge in [-0.25, -0.2) is 0 Å². The van der Waals surface area contributed by atoms with Gasteiger partial charge in [0.05, 0.1) is 0 Å². The van der Waals surface area contributed by atoms with Crippen molar-refractivity contribution in [1.29, 1.82) is 0 Å². The first kappa shape index (κ1) is 41.1. The first-order chi connectivity index (χ1) is 20.7. The molecule has 0 saturated carbocycles. The monoisotopic (exact) mass is 736 g/mol. The van der Waals surface area contributed by atoms with Crippen molar-refractivity contribution in [2.24, 2.45) is 0 Å². The molecule has 0 aromatic heterocycles. The molecule has 6 nitrogen and oxygen atoms in total. The van der Waals surface area contributed by atoms with Crippen molar-refractivity contribution in [3.05, 3.63) is 64.7 Å². The van der Waals surface area contributed by atoms with E-state index in [1.54, 1.807) is 6.07 Å². The van der Waals surface area contributed by atoms with Crippen molar-refractivity contribution in [2.45, 2.75) is 129 Å². The Balaban J connectivity index is 2.28. The van der Waals surface area contributed by atoms with E-state index in [9.17, 15) is 10.2 Å². The zero-order valence-electron chi connectivity index (χ0n) is 31.6. The third-order valence-electron chi connectivity index (χ3n) is 7.24. The largest absolute Gasteiger partial charge is 0.508 e. The Morgan fingerprint density at radius 3 is 1.63 bits per heavy atom. The van der Waals surface area contributed by atoms with Crippen LogP contribution in [0.4, 0.5) is 0 Å². The number of rotatable bonds is 17. The highest BCUT2D eigenvalue weighted by Crippen LogP contribution is 2.37. The molecule has 0 unspecified atom stereocenters. The average Bonchev–Trinajstić information content (AvgIpc) is 2.81. The molecule has 0 aliphatic rings. The molecule has 0 atom stereocenters. The number of aromatic hydroxyl groups is 2. The predicted molar refractivity (Wildman–Crippen MR) is 212 cm³/mol. The van der Waals surface area contributed by atoms with Crippen LogP contribution in [0.25, 0.3) is 6.08 Å². The Morgan fingerprint density at radius 2 is 1.15 bits per heavy atom. The number of phenolic OH excluding ortho intramolecular Hbond substituents is 2. The summed E-state index contributed by atoms with van der Waals surface area (Å²) in [7, 11) is -11.2. The van der Waals surface area contributed by atoms with E-state index in [-0.39, 0.29) is 11.2 Å². The van der Waals surface area contributed by atoms with Crippen LogP contribution < -0.4 is 0 Å². The van der Waals surface area contributed by atoms with Crippen LogP contribution in [0, 0.1) is 0 Å². The predicted octanol–water partition coefficient (Wildman–Crippen LogP) is 10.1. The van der Waals surface area contributed by atoms with Crippen LogP contribution in [0.15, 0.2) is 42.5 Å². The molecule has 0 amide bonds. The molecular formula is C34H64O6Si6. The molecule has 0 aliphatic heterocycles. The number of hydrogen-bond donors (Lipinski definition) is 2. The summed E-state index contributed by atoms with van der Waals surface area (Å²) >= 11 is 0. The van der Waals surface area contributed by atoms with Crippen LogP contribution in [-0.2, 0) is 28.3 Å². The number of allylic oxidation sites excluding steroid dienone is 1. The van der Waals surface area contributed by atoms with Crippen LogP contribution in [0.5, 0.6) is 11.5 Å². The van der Waals surface area contributed by atoms with Gasteiger partial charge in [0.15, 0.2) is 33.3 Å². The number of phenols is 2. The molecule has 12 heteroatoms. The normalized spacial score (nSPS) is 14.1. The highest BCUT2D eigenvalue weighted by atomic mass is 28.5. The van der Waals surface area contributed by atoms with E-state index in [1.165, 1.54) is 0 Å². The SMILES string of the molecule is CC(C)(c1ccc(O)c(/C=C/C[Si](C)(O[Si](C)(C)C)O[Si](C)(C)C)c1)c1ccc(O)c(CCC[SiH](O[Si](C)(C)C)O[Si](C)(C)C)c1. The smallest absolute Gasteiger partial charge is 0.318 e. The summed E-state index contributed by atoms with van der Waals surface area (Å²) in [6, 6.07) is 13.5. The maximum absolute atomic E-state index is 10.8. The number of aryl methyl sites for hydroxylation is 1. The lowest BCUT2D eigenvalue weighted by atomic mass is 9.77. The topological polar surface area (TPSA) is 77.4 Å². The Hall–Kier alpha value is -1.08. The van der Waals surface area contributed by atoms with Gasteiger partial charge in [0.2, 0.25) is 0 Å². The lowest BCUT2D eigenvalue weighted by Gasteiger charge is -2.38. The Labute approximate surface area is 288 Å². The minimum atomic E-state index is -2.43. The van der Waals surface area contributed by atoms with Crippen molar-refractivity contribution >= 4 is 57.2 Å². The van der Waals surface area contributed by atoms with E-state index in [0.29, 0.717) is 5.75 Å². The molecule has 0 aliphatic carbocycles. The zero-order chi connectivity index (χ0) is 35.4. The minimum Gasteiger partial charge on any atom is -0.508 e. The van der Waals surface area contributed by atoms with Gasteiger partial charge in [-0.3, -0.25) is 0 Å². The van der Waals surface area contributed by atoms with Gasteiger partial charge < -0.3 is 26.7 Å². The summed E-state index contributed by atoms with van der Waals surface area (Å²) in [6.07, 6.45) is 5.82. The summed E-state index contributed by atoms with van der Waals surface area (Å²) in [6.45, 7) is 33.2. The summed E-state index contributed by atoms with van der Waals surface area (Å²) in [4.78, 5) is 0. The standard InChI is InChI=1S/C34H64O6Si6/c1-34(2,30-20-22-32(35)28(26-30)18-16-24-41(37-42(3,4)5)38-43(6,7)8)31-21-23-33(36)29(27-31)19-17-25-46(15,39-44(9,10)11)40-45(12,13)14/h17,19-23,26-27,35-36,41H,16,18,24-25H2,1-15H3/b19-17+. The molecule has 2 N–H and O–H groups in total. The summed E-state index contributed by atoms with van der Waals surface area (Å²) in [5.74, 6) is 0.584. The van der Waals surface area contributed by atoms with Gasteiger partial charge >= 0.3 is 17.8 Å². The maximum atomic E-state index is 10.8. The van der Waals surface area contributed by atoms with E-state index in [0.717, 1.165) is 47.2 Å². The Bertz CT molecular complexity index is 1290. The van der Waals surface area contributed by atoms with Gasteiger partial charge in [-0.05, 0) is 139 Å². The molecule has 46 heavy (non-hydrogen) atoms. The van der Waals surface area contributed by atoms with Gasteiger partial charge in [-0.1, -0.05) is 44.2 Å². The Morgan fingerprint density at radius 1 is 0.674 bits per heavy atom. The van der Waals surface area contributed by atoms with E-state index in [1.807, 2.05) is 24.3 Å². The fourth-order valence-corrected chi connectivity index (χ4v) is 26.1. The minimum absolute atomic E-state index is 0.252. The lowest BCUT2D eigenvalue weighted by Crippen LogP contribution is -2.52. The fourth-order valence-electron chi connectivity index (χ4n) is 5.61. The highest BCUT2D eigenvalue weighted by molar-refractivity contribution is 6.88. The third-order valence-corrected chi connectivity index (χ3v) is 25.2. The zero-order valence-corrected chi connectivity index (χ0v) is 37.7. The third kappa shape index (κ3) is 14.6. The van der Waals surface area contributed by atoms with Gasteiger partial charge in [0.25, 0.3) is 0 Å². The molecule has 2 aromatic carbocycles. The van der Waals surface area contributed by atoms with Crippen molar-refractivity contribution in [2.75, 3.05) is 0 Å². The first-order valence-corrected chi connectivity index (χ1v) is 34.7. The van der Waals surface area contributed by atoms with Crippen LogP contribution in [-0.4, -0.2) is 61.3 Å². The quantitative estimate of drug-likeness (QED) is 0.158. The van der Waals surface area contributed by atoms with E-state index >= 15 is 0 Å². The molecule has 0 fully saturated rings. The van der Waals surface area contributed by atoms with Crippen molar-refractivity contribution in [3.63, 3.8) is 0 Å². The molecular weight excluding hydrogens is 673 g/mol. The van der Waals surface area contributed by atoms with Crippen molar-refractivity contribution in [3.8, 4) is 11.5 Å². The molecule has 0 saturated heterocycles. The van der Waals surface area contributed by atoms with E-state index in [4.69, 9.17) is 16.5 Å². The number of hydrogen-bond acceptors (Lipinski definition) is 6. The van der Waals surface area contributed by atoms with Crippen molar-refractivity contribution in [1.82, 2.24) is 0 Å². The van der Waals surface area contributed by atoms with Crippen LogP contribution in [0.3, 0.4) is 0 Å². The second-order valence-electron chi connectivity index (χ2n) is 17.2.